The zero-order valence-corrected chi connectivity index (χ0v) is 11.2. The van der Waals surface area contributed by atoms with Crippen LogP contribution in [0.5, 0.6) is 0 Å². The van der Waals surface area contributed by atoms with Crippen molar-refractivity contribution >= 4 is 0 Å². The molecule has 0 aromatic rings. The zero-order chi connectivity index (χ0) is 13.4. The Bertz CT molecular complexity index is 282. The molecule has 1 heterocycles. The Balaban J connectivity index is 2.11. The molecule has 1 aliphatic heterocycles. The summed E-state index contributed by atoms with van der Waals surface area (Å²) in [4.78, 5) is 1.71. The quantitative estimate of drug-likeness (QED) is 0.825. The van der Waals surface area contributed by atoms with Gasteiger partial charge in [0.25, 0.3) is 0 Å². The molecule has 18 heavy (non-hydrogen) atoms. The molecule has 0 bridgehead atoms. The lowest BCUT2D eigenvalue weighted by atomic mass is 9.88. The van der Waals surface area contributed by atoms with E-state index in [-0.39, 0.29) is 11.6 Å². The maximum Gasteiger partial charge on any atom is 0.401 e. The number of piperazine rings is 1. The molecule has 1 spiro atoms. The van der Waals surface area contributed by atoms with Gasteiger partial charge in [0.2, 0.25) is 0 Å². The van der Waals surface area contributed by atoms with Crippen LogP contribution < -0.4 is 5.32 Å². The van der Waals surface area contributed by atoms with E-state index in [1.165, 1.54) is 0 Å². The molecular formula is C13H23F3N2. The van der Waals surface area contributed by atoms with Crippen LogP contribution in [0.25, 0.3) is 0 Å². The maximum absolute atomic E-state index is 12.7. The molecule has 1 N–H and O–H groups in total. The van der Waals surface area contributed by atoms with Crippen LogP contribution in [-0.4, -0.2) is 42.3 Å². The fourth-order valence-corrected chi connectivity index (χ4v) is 3.35. The molecule has 5 heteroatoms. The van der Waals surface area contributed by atoms with Crippen LogP contribution >= 0.6 is 0 Å². The molecular weight excluding hydrogens is 241 g/mol. The number of nitrogens with zero attached hydrogens (tertiary/aromatic N) is 1. The van der Waals surface area contributed by atoms with Gasteiger partial charge in [0.1, 0.15) is 0 Å². The number of nitrogens with one attached hydrogen (secondary N) is 1. The van der Waals surface area contributed by atoms with Gasteiger partial charge in [-0.1, -0.05) is 26.7 Å². The second-order valence-corrected chi connectivity index (χ2v) is 6.16. The normalized spacial score (nSPS) is 29.3. The van der Waals surface area contributed by atoms with E-state index in [2.05, 4.69) is 19.2 Å². The summed E-state index contributed by atoms with van der Waals surface area (Å²) in [5.74, 6) is 0.375. The van der Waals surface area contributed by atoms with Crippen LogP contribution in [0.4, 0.5) is 13.2 Å². The first-order valence-electron chi connectivity index (χ1n) is 6.88. The molecule has 2 fully saturated rings. The lowest BCUT2D eigenvalue weighted by Crippen LogP contribution is -2.66. The topological polar surface area (TPSA) is 15.3 Å². The van der Waals surface area contributed by atoms with Crippen LogP contribution in [0.15, 0.2) is 0 Å². The van der Waals surface area contributed by atoms with Crippen molar-refractivity contribution in [3.63, 3.8) is 0 Å². The molecule has 1 atom stereocenters. The first kappa shape index (κ1) is 14.1. The summed E-state index contributed by atoms with van der Waals surface area (Å²) in [6.07, 6.45) is -0.166. The van der Waals surface area contributed by atoms with Crippen molar-refractivity contribution in [1.82, 2.24) is 10.2 Å². The van der Waals surface area contributed by atoms with Gasteiger partial charge in [0, 0.05) is 24.7 Å². The van der Waals surface area contributed by atoms with Crippen molar-refractivity contribution in [2.75, 3.05) is 19.6 Å². The van der Waals surface area contributed by atoms with Gasteiger partial charge in [-0.3, -0.25) is 4.90 Å². The molecule has 106 valence electrons. The number of halogens is 3. The summed E-state index contributed by atoms with van der Waals surface area (Å²) < 4.78 is 38.2. The number of alkyl halides is 3. The Hall–Kier alpha value is -0.290. The van der Waals surface area contributed by atoms with E-state index in [1.54, 1.807) is 4.90 Å². The lowest BCUT2D eigenvalue weighted by molar-refractivity contribution is -0.165. The van der Waals surface area contributed by atoms with Crippen LogP contribution in [0.3, 0.4) is 0 Å². The summed E-state index contributed by atoms with van der Waals surface area (Å²) in [7, 11) is 0. The van der Waals surface area contributed by atoms with E-state index in [4.69, 9.17) is 0 Å². The van der Waals surface area contributed by atoms with E-state index in [0.717, 1.165) is 25.7 Å². The highest BCUT2D eigenvalue weighted by molar-refractivity contribution is 5.02. The van der Waals surface area contributed by atoms with Crippen molar-refractivity contribution in [2.45, 2.75) is 57.3 Å². The standard InChI is InChI=1S/C13H23F3N2/c1-10(2)11-7-18(9-13(14,15)16)12(8-17-11)5-3-4-6-12/h10-11,17H,3-9H2,1-2H3. The average molecular weight is 264 g/mol. The highest BCUT2D eigenvalue weighted by Crippen LogP contribution is 2.38. The fourth-order valence-electron chi connectivity index (χ4n) is 3.35. The minimum absolute atomic E-state index is 0.179. The SMILES string of the molecule is CC(C)C1CN(CC(F)(F)F)C2(CCCC2)CN1. The van der Waals surface area contributed by atoms with Crippen LogP contribution in [0, 0.1) is 5.92 Å². The molecule has 2 aliphatic rings. The molecule has 1 saturated carbocycles. The summed E-state index contributed by atoms with van der Waals surface area (Å²) in [6.45, 7) is 4.62. The summed E-state index contributed by atoms with van der Waals surface area (Å²) in [5.41, 5.74) is -0.235. The molecule has 0 aromatic carbocycles. The lowest BCUT2D eigenvalue weighted by Gasteiger charge is -2.49. The number of rotatable bonds is 2. The van der Waals surface area contributed by atoms with Gasteiger partial charge in [-0.05, 0) is 18.8 Å². The van der Waals surface area contributed by atoms with Gasteiger partial charge in [-0.2, -0.15) is 13.2 Å². The Morgan fingerprint density at radius 3 is 2.39 bits per heavy atom. The summed E-state index contributed by atoms with van der Waals surface area (Å²) in [6, 6.07) is 0.179. The molecule has 0 amide bonds. The van der Waals surface area contributed by atoms with Crippen LogP contribution in [-0.2, 0) is 0 Å². The maximum atomic E-state index is 12.7. The Labute approximate surface area is 107 Å². The summed E-state index contributed by atoms with van der Waals surface area (Å²) in [5, 5.41) is 3.46. The second-order valence-electron chi connectivity index (χ2n) is 6.16. The predicted octanol–water partition coefficient (Wildman–Crippen LogP) is 2.79. The third kappa shape index (κ3) is 2.99. The Morgan fingerprint density at radius 2 is 1.89 bits per heavy atom. The average Bonchev–Trinajstić information content (AvgIpc) is 2.69. The Kier molecular flexibility index (Phi) is 3.93. The van der Waals surface area contributed by atoms with Crippen molar-refractivity contribution < 1.29 is 13.2 Å². The first-order chi connectivity index (χ1) is 8.32. The van der Waals surface area contributed by atoms with E-state index in [1.807, 2.05) is 0 Å². The second kappa shape index (κ2) is 5.00. The molecule has 1 aliphatic carbocycles. The van der Waals surface area contributed by atoms with Gasteiger partial charge in [0.15, 0.2) is 0 Å². The van der Waals surface area contributed by atoms with Crippen LogP contribution in [0.2, 0.25) is 0 Å². The number of hydrogen-bond acceptors (Lipinski definition) is 2. The number of hydrogen-bond donors (Lipinski definition) is 1. The van der Waals surface area contributed by atoms with E-state index in [0.29, 0.717) is 19.0 Å². The highest BCUT2D eigenvalue weighted by atomic mass is 19.4. The third-order valence-electron chi connectivity index (χ3n) is 4.49. The van der Waals surface area contributed by atoms with Crippen molar-refractivity contribution in [3.8, 4) is 0 Å². The van der Waals surface area contributed by atoms with Gasteiger partial charge in [-0.15, -0.1) is 0 Å². The molecule has 1 saturated heterocycles. The molecule has 2 nitrogen and oxygen atoms in total. The van der Waals surface area contributed by atoms with Gasteiger partial charge >= 0.3 is 6.18 Å². The Morgan fingerprint density at radius 1 is 1.28 bits per heavy atom. The highest BCUT2D eigenvalue weighted by Gasteiger charge is 2.47. The largest absolute Gasteiger partial charge is 0.401 e. The monoisotopic (exact) mass is 264 g/mol. The van der Waals surface area contributed by atoms with Crippen molar-refractivity contribution in [3.05, 3.63) is 0 Å². The third-order valence-corrected chi connectivity index (χ3v) is 4.49. The predicted molar refractivity (Wildman–Crippen MR) is 65.5 cm³/mol. The minimum atomic E-state index is -4.09. The van der Waals surface area contributed by atoms with Gasteiger partial charge in [-0.25, -0.2) is 0 Å². The molecule has 1 unspecified atom stereocenters. The first-order valence-corrected chi connectivity index (χ1v) is 6.88. The van der Waals surface area contributed by atoms with Gasteiger partial charge < -0.3 is 5.32 Å². The fraction of sp³-hybridized carbons (Fsp3) is 1.00. The summed E-state index contributed by atoms with van der Waals surface area (Å²) >= 11 is 0. The van der Waals surface area contributed by atoms with E-state index in [9.17, 15) is 13.2 Å². The van der Waals surface area contributed by atoms with Crippen molar-refractivity contribution in [2.24, 2.45) is 5.92 Å². The molecule has 0 radical (unpaired) electrons. The zero-order valence-electron chi connectivity index (χ0n) is 11.2. The van der Waals surface area contributed by atoms with E-state index >= 15 is 0 Å². The minimum Gasteiger partial charge on any atom is -0.311 e. The van der Waals surface area contributed by atoms with Crippen molar-refractivity contribution in [1.29, 1.82) is 0 Å². The van der Waals surface area contributed by atoms with Gasteiger partial charge in [0.05, 0.1) is 6.54 Å². The van der Waals surface area contributed by atoms with Crippen LogP contribution in [0.1, 0.15) is 39.5 Å². The molecule has 2 rings (SSSR count). The smallest absolute Gasteiger partial charge is 0.311 e. The van der Waals surface area contributed by atoms with E-state index < -0.39 is 12.7 Å². The molecule has 0 aromatic heterocycles.